The van der Waals surface area contributed by atoms with Crippen molar-refractivity contribution in [3.63, 3.8) is 0 Å². The molecule has 0 heterocycles. The van der Waals surface area contributed by atoms with Gasteiger partial charge in [0, 0.05) is 0 Å². The van der Waals surface area contributed by atoms with Crippen LogP contribution in [-0.2, 0) is 6.42 Å². The zero-order valence-corrected chi connectivity index (χ0v) is 13.9. The Morgan fingerprint density at radius 2 is 2.10 bits per heavy atom. The van der Waals surface area contributed by atoms with E-state index in [-0.39, 0.29) is 5.82 Å². The van der Waals surface area contributed by atoms with Crippen LogP contribution in [0.15, 0.2) is 22.7 Å². The van der Waals surface area contributed by atoms with Gasteiger partial charge in [-0.15, -0.1) is 0 Å². The first-order valence-corrected chi connectivity index (χ1v) is 8.65. The molecule has 1 N–H and O–H groups in total. The van der Waals surface area contributed by atoms with E-state index < -0.39 is 0 Å². The van der Waals surface area contributed by atoms with E-state index in [4.69, 9.17) is 0 Å². The summed E-state index contributed by atoms with van der Waals surface area (Å²) in [4.78, 5) is 0. The van der Waals surface area contributed by atoms with Crippen LogP contribution in [0, 0.1) is 17.7 Å². The summed E-state index contributed by atoms with van der Waals surface area (Å²) in [5, 5.41) is 3.56. The second kappa shape index (κ2) is 8.14. The third kappa shape index (κ3) is 4.29. The molecule has 1 aromatic carbocycles. The maximum Gasteiger partial charge on any atom is 0.137 e. The van der Waals surface area contributed by atoms with Gasteiger partial charge in [-0.1, -0.05) is 44.7 Å². The number of hydrogen-bond acceptors (Lipinski definition) is 1. The van der Waals surface area contributed by atoms with Crippen molar-refractivity contribution in [3.8, 4) is 0 Å². The summed E-state index contributed by atoms with van der Waals surface area (Å²) in [6, 6.07) is 5.39. The minimum absolute atomic E-state index is 0.144. The van der Waals surface area contributed by atoms with Crippen molar-refractivity contribution in [2.45, 2.75) is 45.4 Å². The zero-order valence-electron chi connectivity index (χ0n) is 12.3. The van der Waals surface area contributed by atoms with Crippen LogP contribution in [0.3, 0.4) is 0 Å². The van der Waals surface area contributed by atoms with Gasteiger partial charge in [0.15, 0.2) is 0 Å². The monoisotopic (exact) mass is 341 g/mol. The minimum atomic E-state index is -0.144. The Balaban J connectivity index is 2.03. The summed E-state index contributed by atoms with van der Waals surface area (Å²) in [7, 11) is 0. The van der Waals surface area contributed by atoms with Gasteiger partial charge in [0.05, 0.1) is 4.47 Å². The summed E-state index contributed by atoms with van der Waals surface area (Å²) in [6.45, 7) is 4.33. The molecular formula is C17H25BrFN. The Labute approximate surface area is 130 Å². The first-order chi connectivity index (χ1) is 9.72. The Morgan fingerprint density at radius 3 is 2.80 bits per heavy atom. The van der Waals surface area contributed by atoms with Crippen molar-refractivity contribution in [2.24, 2.45) is 11.8 Å². The molecule has 1 fully saturated rings. The number of halogens is 2. The lowest BCUT2D eigenvalue weighted by atomic mass is 9.85. The van der Waals surface area contributed by atoms with Gasteiger partial charge < -0.3 is 5.32 Å². The second-order valence-corrected chi connectivity index (χ2v) is 6.72. The van der Waals surface area contributed by atoms with E-state index in [1.54, 1.807) is 0 Å². The van der Waals surface area contributed by atoms with Gasteiger partial charge in [0.25, 0.3) is 0 Å². The molecule has 3 heteroatoms. The summed E-state index contributed by atoms with van der Waals surface area (Å²) >= 11 is 3.40. The number of benzene rings is 1. The Bertz CT molecular complexity index is 415. The van der Waals surface area contributed by atoms with Gasteiger partial charge in [-0.2, -0.15) is 0 Å². The largest absolute Gasteiger partial charge is 0.316 e. The third-order valence-corrected chi connectivity index (χ3v) is 5.30. The first kappa shape index (κ1) is 16.0. The highest BCUT2D eigenvalue weighted by atomic mass is 79.9. The van der Waals surface area contributed by atoms with E-state index in [1.807, 2.05) is 6.07 Å². The highest BCUT2D eigenvalue weighted by Crippen LogP contribution is 2.34. The van der Waals surface area contributed by atoms with E-state index in [9.17, 15) is 4.39 Å². The normalized spacial score (nSPS) is 17.6. The molecule has 0 aliphatic heterocycles. The summed E-state index contributed by atoms with van der Waals surface area (Å²) in [5.74, 6) is 1.28. The summed E-state index contributed by atoms with van der Waals surface area (Å²) in [6.07, 6.45) is 7.54. The average Bonchev–Trinajstić information content (AvgIpc) is 2.96. The van der Waals surface area contributed by atoms with E-state index in [0.29, 0.717) is 10.4 Å². The lowest BCUT2D eigenvalue weighted by Gasteiger charge is -2.24. The molecule has 1 aliphatic rings. The van der Waals surface area contributed by atoms with Crippen LogP contribution < -0.4 is 5.32 Å². The van der Waals surface area contributed by atoms with Crippen molar-refractivity contribution in [3.05, 3.63) is 34.1 Å². The molecule has 1 aromatic rings. The maximum atomic E-state index is 13.7. The van der Waals surface area contributed by atoms with Crippen LogP contribution in [0.2, 0.25) is 0 Å². The molecule has 1 atom stereocenters. The summed E-state index contributed by atoms with van der Waals surface area (Å²) < 4.78 is 14.3. The van der Waals surface area contributed by atoms with Crippen LogP contribution in [0.1, 0.15) is 44.6 Å². The SMILES string of the molecule is CCCNCC(Cc1cccc(F)c1Br)C1CCCC1. The summed E-state index contributed by atoms with van der Waals surface area (Å²) in [5.41, 5.74) is 1.11. The molecule has 2 rings (SSSR count). The van der Waals surface area contributed by atoms with Crippen LogP contribution in [0.25, 0.3) is 0 Å². The van der Waals surface area contributed by atoms with Crippen molar-refractivity contribution < 1.29 is 4.39 Å². The van der Waals surface area contributed by atoms with E-state index in [2.05, 4.69) is 34.2 Å². The van der Waals surface area contributed by atoms with Crippen LogP contribution in [-0.4, -0.2) is 13.1 Å². The van der Waals surface area contributed by atoms with Gasteiger partial charge in [-0.05, 0) is 65.3 Å². The molecule has 1 unspecified atom stereocenters. The molecule has 0 spiro atoms. The molecule has 0 saturated heterocycles. The molecule has 20 heavy (non-hydrogen) atoms. The number of nitrogens with one attached hydrogen (secondary N) is 1. The standard InChI is InChI=1S/C17H25BrFN/c1-2-10-20-12-15(13-6-3-4-7-13)11-14-8-5-9-16(19)17(14)18/h5,8-9,13,15,20H,2-4,6-7,10-12H2,1H3. The zero-order chi connectivity index (χ0) is 14.4. The average molecular weight is 342 g/mol. The topological polar surface area (TPSA) is 12.0 Å². The predicted octanol–water partition coefficient (Wildman–Crippen LogP) is 4.94. The van der Waals surface area contributed by atoms with E-state index in [1.165, 1.54) is 38.2 Å². The van der Waals surface area contributed by atoms with Crippen LogP contribution in [0.4, 0.5) is 4.39 Å². The molecule has 1 saturated carbocycles. The number of hydrogen-bond donors (Lipinski definition) is 1. The molecule has 1 aliphatic carbocycles. The molecule has 0 bridgehead atoms. The molecule has 0 radical (unpaired) electrons. The smallest absolute Gasteiger partial charge is 0.137 e. The van der Waals surface area contributed by atoms with Gasteiger partial charge >= 0.3 is 0 Å². The quantitative estimate of drug-likeness (QED) is 0.693. The molecule has 1 nitrogen and oxygen atoms in total. The Morgan fingerprint density at radius 1 is 1.35 bits per heavy atom. The predicted molar refractivity (Wildman–Crippen MR) is 86.4 cm³/mol. The number of rotatable bonds is 7. The fraction of sp³-hybridized carbons (Fsp3) is 0.647. The third-order valence-electron chi connectivity index (χ3n) is 4.41. The van der Waals surface area contributed by atoms with Crippen molar-refractivity contribution in [1.82, 2.24) is 5.32 Å². The molecular weight excluding hydrogens is 317 g/mol. The fourth-order valence-electron chi connectivity index (χ4n) is 3.29. The molecule has 0 amide bonds. The molecule has 112 valence electrons. The van der Waals surface area contributed by atoms with E-state index >= 15 is 0 Å². The van der Waals surface area contributed by atoms with Crippen LogP contribution >= 0.6 is 15.9 Å². The highest BCUT2D eigenvalue weighted by molar-refractivity contribution is 9.10. The van der Waals surface area contributed by atoms with Gasteiger partial charge in [-0.25, -0.2) is 4.39 Å². The van der Waals surface area contributed by atoms with Crippen molar-refractivity contribution in [1.29, 1.82) is 0 Å². The van der Waals surface area contributed by atoms with Gasteiger partial charge in [0.1, 0.15) is 5.82 Å². The van der Waals surface area contributed by atoms with Crippen molar-refractivity contribution >= 4 is 15.9 Å². The Kier molecular flexibility index (Phi) is 6.50. The fourth-order valence-corrected chi connectivity index (χ4v) is 3.71. The van der Waals surface area contributed by atoms with Crippen molar-refractivity contribution in [2.75, 3.05) is 13.1 Å². The van der Waals surface area contributed by atoms with Gasteiger partial charge in [-0.3, -0.25) is 0 Å². The Hall–Kier alpha value is -0.410. The highest BCUT2D eigenvalue weighted by Gasteiger charge is 2.25. The van der Waals surface area contributed by atoms with Crippen LogP contribution in [0.5, 0.6) is 0 Å². The lowest BCUT2D eigenvalue weighted by Crippen LogP contribution is -2.29. The maximum absolute atomic E-state index is 13.7. The lowest BCUT2D eigenvalue weighted by molar-refractivity contribution is 0.320. The minimum Gasteiger partial charge on any atom is -0.316 e. The first-order valence-electron chi connectivity index (χ1n) is 7.86. The molecule has 0 aromatic heterocycles. The van der Waals surface area contributed by atoms with Gasteiger partial charge in [0.2, 0.25) is 0 Å². The van der Waals surface area contributed by atoms with E-state index in [0.717, 1.165) is 31.0 Å². The second-order valence-electron chi connectivity index (χ2n) is 5.93.